The van der Waals surface area contributed by atoms with Crippen LogP contribution in [0.5, 0.6) is 0 Å². The molecule has 0 saturated carbocycles. The van der Waals surface area contributed by atoms with E-state index >= 15 is 0 Å². The van der Waals surface area contributed by atoms with Crippen LogP contribution in [-0.4, -0.2) is 13.2 Å². The quantitative estimate of drug-likeness (QED) is 0.589. The zero-order valence-corrected chi connectivity index (χ0v) is 8.42. The maximum absolute atomic E-state index is 5.34. The number of methoxy groups -OCH3 is 1. The second kappa shape index (κ2) is 4.66. The highest BCUT2D eigenvalue weighted by Crippen LogP contribution is 2.27. The van der Waals surface area contributed by atoms with Crippen molar-refractivity contribution in [2.45, 2.75) is 39.2 Å². The number of allylic oxidation sites excluding steroid dienone is 1. The molecule has 0 aromatic carbocycles. The van der Waals surface area contributed by atoms with Gasteiger partial charge in [-0.3, -0.25) is 0 Å². The lowest BCUT2D eigenvalue weighted by Gasteiger charge is -2.28. The molecule has 1 aliphatic rings. The third kappa shape index (κ3) is 2.34. The van der Waals surface area contributed by atoms with Crippen LogP contribution >= 0.6 is 0 Å². The fourth-order valence-electron chi connectivity index (χ4n) is 2.04. The van der Waals surface area contributed by atoms with E-state index in [1.807, 2.05) is 0 Å². The van der Waals surface area contributed by atoms with Crippen LogP contribution in [0.4, 0.5) is 0 Å². The van der Waals surface area contributed by atoms with Crippen molar-refractivity contribution in [1.29, 1.82) is 0 Å². The highest BCUT2D eigenvalue weighted by atomic mass is 16.5. The van der Waals surface area contributed by atoms with Gasteiger partial charge in [-0.2, -0.15) is 0 Å². The van der Waals surface area contributed by atoms with Gasteiger partial charge in [0.25, 0.3) is 0 Å². The highest BCUT2D eigenvalue weighted by Gasteiger charge is 2.21. The molecule has 3 atom stereocenters. The van der Waals surface area contributed by atoms with Gasteiger partial charge in [-0.05, 0) is 24.7 Å². The van der Waals surface area contributed by atoms with Crippen molar-refractivity contribution >= 4 is 0 Å². The van der Waals surface area contributed by atoms with Crippen molar-refractivity contribution in [3.05, 3.63) is 12.2 Å². The summed E-state index contributed by atoms with van der Waals surface area (Å²) in [5.74, 6) is 1.49. The minimum Gasteiger partial charge on any atom is -0.377 e. The van der Waals surface area contributed by atoms with E-state index in [9.17, 15) is 0 Å². The zero-order valence-electron chi connectivity index (χ0n) is 8.42. The molecule has 1 aliphatic carbocycles. The Morgan fingerprint density at radius 3 is 2.67 bits per heavy atom. The van der Waals surface area contributed by atoms with Crippen molar-refractivity contribution in [1.82, 2.24) is 0 Å². The summed E-state index contributed by atoms with van der Waals surface area (Å²) in [6.07, 6.45) is 8.84. The van der Waals surface area contributed by atoms with Gasteiger partial charge in [0.2, 0.25) is 0 Å². The van der Waals surface area contributed by atoms with Gasteiger partial charge in [0.1, 0.15) is 0 Å². The molecule has 1 nitrogen and oxygen atoms in total. The molecule has 0 N–H and O–H groups in total. The molecule has 12 heavy (non-hydrogen) atoms. The van der Waals surface area contributed by atoms with E-state index in [0.717, 1.165) is 5.92 Å². The SMILES string of the molecule is CCCC1C=CC(OC)C(C)C1. The minimum atomic E-state index is 0.359. The Hall–Kier alpha value is -0.300. The summed E-state index contributed by atoms with van der Waals surface area (Å²) in [4.78, 5) is 0. The largest absolute Gasteiger partial charge is 0.377 e. The van der Waals surface area contributed by atoms with Gasteiger partial charge in [-0.1, -0.05) is 32.4 Å². The standard InChI is InChI=1S/C11H20O/c1-4-5-10-6-7-11(12-3)9(2)8-10/h6-7,9-11H,4-5,8H2,1-3H3. The fraction of sp³-hybridized carbons (Fsp3) is 0.818. The minimum absolute atomic E-state index is 0.359. The normalized spacial score (nSPS) is 35.4. The molecule has 3 unspecified atom stereocenters. The Labute approximate surface area is 75.8 Å². The molecule has 0 aromatic heterocycles. The van der Waals surface area contributed by atoms with Crippen molar-refractivity contribution < 1.29 is 4.74 Å². The molecule has 1 rings (SSSR count). The summed E-state index contributed by atoms with van der Waals surface area (Å²) in [6.45, 7) is 4.53. The van der Waals surface area contributed by atoms with Gasteiger partial charge in [0, 0.05) is 7.11 Å². The first-order valence-corrected chi connectivity index (χ1v) is 4.99. The monoisotopic (exact) mass is 168 g/mol. The molecule has 0 spiro atoms. The van der Waals surface area contributed by atoms with Crippen LogP contribution in [0.3, 0.4) is 0 Å². The Morgan fingerprint density at radius 2 is 2.17 bits per heavy atom. The molecule has 0 heterocycles. The average molecular weight is 168 g/mol. The zero-order chi connectivity index (χ0) is 8.97. The van der Waals surface area contributed by atoms with E-state index < -0.39 is 0 Å². The van der Waals surface area contributed by atoms with E-state index in [1.54, 1.807) is 7.11 Å². The second-order valence-corrected chi connectivity index (χ2v) is 3.85. The van der Waals surface area contributed by atoms with Gasteiger partial charge in [-0.15, -0.1) is 0 Å². The highest BCUT2D eigenvalue weighted by molar-refractivity contribution is 5.01. The summed E-state index contributed by atoms with van der Waals surface area (Å²) >= 11 is 0. The number of ether oxygens (including phenoxy) is 1. The molecule has 0 radical (unpaired) electrons. The maximum atomic E-state index is 5.34. The van der Waals surface area contributed by atoms with Crippen LogP contribution in [-0.2, 0) is 4.74 Å². The Bertz CT molecular complexity index is 151. The molecule has 0 aromatic rings. The molecule has 1 heteroatoms. The maximum Gasteiger partial charge on any atom is 0.0777 e. The lowest BCUT2D eigenvalue weighted by Crippen LogP contribution is -2.24. The van der Waals surface area contributed by atoms with Crippen LogP contribution in [0.2, 0.25) is 0 Å². The summed E-state index contributed by atoms with van der Waals surface area (Å²) in [5, 5.41) is 0. The lowest BCUT2D eigenvalue weighted by molar-refractivity contribution is 0.0802. The van der Waals surface area contributed by atoms with E-state index in [-0.39, 0.29) is 0 Å². The van der Waals surface area contributed by atoms with Crippen LogP contribution < -0.4 is 0 Å². The Balaban J connectivity index is 2.45. The van der Waals surface area contributed by atoms with E-state index in [4.69, 9.17) is 4.74 Å². The van der Waals surface area contributed by atoms with Crippen LogP contribution in [0.25, 0.3) is 0 Å². The van der Waals surface area contributed by atoms with Gasteiger partial charge >= 0.3 is 0 Å². The number of hydrogen-bond donors (Lipinski definition) is 0. The fourth-order valence-corrected chi connectivity index (χ4v) is 2.04. The van der Waals surface area contributed by atoms with Crippen LogP contribution in [0.1, 0.15) is 33.1 Å². The van der Waals surface area contributed by atoms with Crippen molar-refractivity contribution in [3.8, 4) is 0 Å². The van der Waals surface area contributed by atoms with E-state index in [1.165, 1.54) is 19.3 Å². The third-order valence-electron chi connectivity index (χ3n) is 2.74. The first-order chi connectivity index (χ1) is 5.77. The molecule has 0 saturated heterocycles. The smallest absolute Gasteiger partial charge is 0.0777 e. The Kier molecular flexibility index (Phi) is 3.80. The van der Waals surface area contributed by atoms with E-state index in [0.29, 0.717) is 12.0 Å². The van der Waals surface area contributed by atoms with Crippen molar-refractivity contribution in [2.75, 3.05) is 7.11 Å². The topological polar surface area (TPSA) is 9.23 Å². The first-order valence-electron chi connectivity index (χ1n) is 4.99. The Morgan fingerprint density at radius 1 is 1.42 bits per heavy atom. The summed E-state index contributed by atoms with van der Waals surface area (Å²) in [6, 6.07) is 0. The lowest BCUT2D eigenvalue weighted by atomic mass is 9.84. The number of rotatable bonds is 3. The summed E-state index contributed by atoms with van der Waals surface area (Å²) in [5.41, 5.74) is 0. The molecular formula is C11H20O. The van der Waals surface area contributed by atoms with Gasteiger partial charge in [0.15, 0.2) is 0 Å². The van der Waals surface area contributed by atoms with Gasteiger partial charge in [-0.25, -0.2) is 0 Å². The second-order valence-electron chi connectivity index (χ2n) is 3.85. The average Bonchev–Trinajstić information content (AvgIpc) is 2.05. The summed E-state index contributed by atoms with van der Waals surface area (Å²) < 4.78 is 5.34. The molecule has 70 valence electrons. The number of hydrogen-bond acceptors (Lipinski definition) is 1. The van der Waals surface area contributed by atoms with E-state index in [2.05, 4.69) is 26.0 Å². The first kappa shape index (κ1) is 9.79. The molecular weight excluding hydrogens is 148 g/mol. The molecule has 0 fully saturated rings. The third-order valence-corrected chi connectivity index (χ3v) is 2.74. The summed E-state index contributed by atoms with van der Waals surface area (Å²) in [7, 11) is 1.80. The molecule has 0 amide bonds. The van der Waals surface area contributed by atoms with Crippen molar-refractivity contribution in [3.63, 3.8) is 0 Å². The van der Waals surface area contributed by atoms with Crippen molar-refractivity contribution in [2.24, 2.45) is 11.8 Å². The van der Waals surface area contributed by atoms with Gasteiger partial charge < -0.3 is 4.74 Å². The predicted molar refractivity (Wildman–Crippen MR) is 52.1 cm³/mol. The molecule has 0 aliphatic heterocycles. The predicted octanol–water partition coefficient (Wildman–Crippen LogP) is 3.01. The van der Waals surface area contributed by atoms with Gasteiger partial charge in [0.05, 0.1) is 6.10 Å². The molecule has 0 bridgehead atoms. The van der Waals surface area contributed by atoms with Crippen LogP contribution in [0.15, 0.2) is 12.2 Å². The van der Waals surface area contributed by atoms with Crippen LogP contribution in [0, 0.1) is 11.8 Å².